The number of rotatable bonds is 2. The number of benzene rings is 3. The number of hydrogen-bond donors (Lipinski definition) is 0. The Morgan fingerprint density at radius 2 is 1.90 bits per heavy atom. The summed E-state index contributed by atoms with van der Waals surface area (Å²) in [7, 11) is 1.36. The predicted molar refractivity (Wildman–Crippen MR) is 114 cm³/mol. The summed E-state index contributed by atoms with van der Waals surface area (Å²) >= 11 is 6.23. The first-order valence-electron chi connectivity index (χ1n) is 9.11. The summed E-state index contributed by atoms with van der Waals surface area (Å²) in [5, 5.41) is 0.648. The summed E-state index contributed by atoms with van der Waals surface area (Å²) < 4.78 is 10.8. The Morgan fingerprint density at radius 3 is 2.69 bits per heavy atom. The normalized spacial score (nSPS) is 11.9. The molecule has 3 aromatic rings. The molecule has 29 heavy (non-hydrogen) atoms. The van der Waals surface area contributed by atoms with Crippen molar-refractivity contribution in [3.63, 3.8) is 0 Å². The first kappa shape index (κ1) is 18.9. The molecule has 0 bridgehead atoms. The number of ether oxygens (including phenoxy) is 2. The molecule has 0 aromatic heterocycles. The van der Waals surface area contributed by atoms with E-state index in [1.165, 1.54) is 7.11 Å². The van der Waals surface area contributed by atoms with E-state index in [0.717, 1.165) is 28.3 Å². The van der Waals surface area contributed by atoms with E-state index in [9.17, 15) is 4.79 Å². The third-order valence-corrected chi connectivity index (χ3v) is 4.86. The maximum absolute atomic E-state index is 11.5. The van der Waals surface area contributed by atoms with Gasteiger partial charge in [-0.15, -0.1) is 0 Å². The number of esters is 1. The van der Waals surface area contributed by atoms with E-state index in [2.05, 4.69) is 22.8 Å². The molecule has 3 aromatic carbocycles. The summed E-state index contributed by atoms with van der Waals surface area (Å²) in [5.74, 6) is 7.59. The second-order valence-corrected chi connectivity index (χ2v) is 6.99. The number of hydrogen-bond acceptors (Lipinski definition) is 4. The molecule has 0 radical (unpaired) electrons. The van der Waals surface area contributed by atoms with E-state index >= 15 is 0 Å². The number of fused-ring (bicyclic) bond motifs is 2. The van der Waals surface area contributed by atoms with Crippen LogP contribution >= 0.6 is 11.6 Å². The van der Waals surface area contributed by atoms with Crippen molar-refractivity contribution in [2.75, 3.05) is 18.6 Å². The Kier molecular flexibility index (Phi) is 5.41. The van der Waals surface area contributed by atoms with Gasteiger partial charge in [0.2, 0.25) is 0 Å². The average Bonchev–Trinajstić information content (AvgIpc) is 2.90. The molecule has 1 heterocycles. The van der Waals surface area contributed by atoms with Crippen LogP contribution in [0.1, 0.15) is 21.5 Å². The molecule has 0 unspecified atom stereocenters. The first-order chi connectivity index (χ1) is 14.1. The highest BCUT2D eigenvalue weighted by Gasteiger charge is 2.20. The maximum Gasteiger partial charge on any atom is 0.337 e. The molecular weight excluding hydrogens is 386 g/mol. The van der Waals surface area contributed by atoms with E-state index in [-0.39, 0.29) is 5.97 Å². The lowest BCUT2D eigenvalue weighted by Gasteiger charge is -2.21. The standard InChI is InChI=1S/C24H18ClNO3/c1-28-24(27)18-10-8-17(9-11-18)5-4-14-26-16-19-6-2-3-7-22(19)29-23-13-12-20(25)15-21(23)26/h2-3,6-13,15H,14,16H2,1H3. The zero-order chi connectivity index (χ0) is 20.2. The quantitative estimate of drug-likeness (QED) is 0.430. The van der Waals surface area contributed by atoms with Crippen LogP contribution in [-0.4, -0.2) is 19.6 Å². The molecule has 0 saturated carbocycles. The zero-order valence-corrected chi connectivity index (χ0v) is 16.6. The van der Waals surface area contributed by atoms with Crippen LogP contribution in [0.4, 0.5) is 5.69 Å². The van der Waals surface area contributed by atoms with Crippen LogP contribution in [0.3, 0.4) is 0 Å². The van der Waals surface area contributed by atoms with Crippen LogP contribution in [0.15, 0.2) is 66.7 Å². The number of anilines is 1. The number of para-hydroxylation sites is 1. The van der Waals surface area contributed by atoms with E-state index in [1.54, 1.807) is 12.1 Å². The highest BCUT2D eigenvalue weighted by atomic mass is 35.5. The Morgan fingerprint density at radius 1 is 1.10 bits per heavy atom. The van der Waals surface area contributed by atoms with Gasteiger partial charge in [-0.05, 0) is 48.5 Å². The van der Waals surface area contributed by atoms with Crippen molar-refractivity contribution in [3.8, 4) is 23.3 Å². The number of nitrogens with zero attached hydrogens (tertiary/aromatic N) is 1. The average molecular weight is 404 g/mol. The van der Waals surface area contributed by atoms with Crippen molar-refractivity contribution in [2.45, 2.75) is 6.54 Å². The van der Waals surface area contributed by atoms with E-state index < -0.39 is 0 Å². The lowest BCUT2D eigenvalue weighted by molar-refractivity contribution is 0.0600. The van der Waals surface area contributed by atoms with Gasteiger partial charge < -0.3 is 14.4 Å². The zero-order valence-electron chi connectivity index (χ0n) is 15.8. The Hall–Kier alpha value is -3.42. The number of halogens is 1. The largest absolute Gasteiger partial charge is 0.465 e. The van der Waals surface area contributed by atoms with Crippen LogP contribution < -0.4 is 9.64 Å². The molecule has 0 saturated heterocycles. The lowest BCUT2D eigenvalue weighted by atomic mass is 10.1. The van der Waals surface area contributed by atoms with Gasteiger partial charge in [0.1, 0.15) is 5.75 Å². The van der Waals surface area contributed by atoms with Gasteiger partial charge in [0.05, 0.1) is 24.9 Å². The molecule has 4 rings (SSSR count). The summed E-state index contributed by atoms with van der Waals surface area (Å²) in [6, 6.07) is 20.6. The Labute approximate surface area is 174 Å². The predicted octanol–water partition coefficient (Wildman–Crippen LogP) is 5.29. The topological polar surface area (TPSA) is 38.8 Å². The molecule has 4 nitrogen and oxygen atoms in total. The SMILES string of the molecule is COC(=O)c1ccc(C#CCN2Cc3ccccc3Oc3ccc(Cl)cc32)cc1. The van der Waals surface area contributed by atoms with Crippen molar-refractivity contribution >= 4 is 23.3 Å². The van der Waals surface area contributed by atoms with Gasteiger partial charge in [-0.25, -0.2) is 4.79 Å². The second kappa shape index (κ2) is 8.30. The summed E-state index contributed by atoms with van der Waals surface area (Å²) in [6.07, 6.45) is 0. The van der Waals surface area contributed by atoms with Crippen molar-refractivity contribution in [3.05, 3.63) is 88.4 Å². The van der Waals surface area contributed by atoms with Gasteiger partial charge >= 0.3 is 5.97 Å². The van der Waals surface area contributed by atoms with E-state index in [1.807, 2.05) is 48.5 Å². The van der Waals surface area contributed by atoms with Gasteiger partial charge in [0, 0.05) is 22.7 Å². The van der Waals surface area contributed by atoms with Crippen LogP contribution in [0.5, 0.6) is 11.5 Å². The van der Waals surface area contributed by atoms with Crippen LogP contribution in [-0.2, 0) is 11.3 Å². The molecule has 144 valence electrons. The molecule has 5 heteroatoms. The molecule has 0 N–H and O–H groups in total. The van der Waals surface area contributed by atoms with Crippen molar-refractivity contribution in [2.24, 2.45) is 0 Å². The highest BCUT2D eigenvalue weighted by molar-refractivity contribution is 6.31. The fourth-order valence-corrected chi connectivity index (χ4v) is 3.32. The molecule has 1 aliphatic heterocycles. The van der Waals surface area contributed by atoms with Crippen LogP contribution in [0.2, 0.25) is 5.02 Å². The van der Waals surface area contributed by atoms with Gasteiger partial charge in [-0.1, -0.05) is 41.6 Å². The Balaban J connectivity index is 1.59. The third-order valence-electron chi connectivity index (χ3n) is 4.62. The Bertz CT molecular complexity index is 1110. The fraction of sp³-hybridized carbons (Fsp3) is 0.125. The smallest absolute Gasteiger partial charge is 0.337 e. The first-order valence-corrected chi connectivity index (χ1v) is 9.49. The monoisotopic (exact) mass is 403 g/mol. The molecule has 0 atom stereocenters. The van der Waals surface area contributed by atoms with Crippen molar-refractivity contribution in [1.82, 2.24) is 0 Å². The molecule has 1 aliphatic rings. The summed E-state index contributed by atoms with van der Waals surface area (Å²) in [4.78, 5) is 13.7. The molecule has 0 amide bonds. The maximum atomic E-state index is 11.5. The number of carbonyl (C=O) groups excluding carboxylic acids is 1. The number of methoxy groups -OCH3 is 1. The fourth-order valence-electron chi connectivity index (χ4n) is 3.15. The van der Waals surface area contributed by atoms with E-state index in [4.69, 9.17) is 21.1 Å². The minimum atomic E-state index is -0.360. The van der Waals surface area contributed by atoms with Crippen LogP contribution in [0.25, 0.3) is 0 Å². The third kappa shape index (κ3) is 4.21. The van der Waals surface area contributed by atoms with E-state index in [0.29, 0.717) is 23.7 Å². The summed E-state index contributed by atoms with van der Waals surface area (Å²) in [6.45, 7) is 1.17. The van der Waals surface area contributed by atoms with Gasteiger partial charge in [0.15, 0.2) is 5.75 Å². The highest BCUT2D eigenvalue weighted by Crippen LogP contribution is 2.40. The lowest BCUT2D eigenvalue weighted by Crippen LogP contribution is -2.22. The van der Waals surface area contributed by atoms with Crippen molar-refractivity contribution in [1.29, 1.82) is 0 Å². The summed E-state index contributed by atoms with van der Waals surface area (Å²) in [5.41, 5.74) is 3.33. The second-order valence-electron chi connectivity index (χ2n) is 6.55. The van der Waals surface area contributed by atoms with Gasteiger partial charge in [-0.3, -0.25) is 0 Å². The molecule has 0 aliphatic carbocycles. The molecule has 0 fully saturated rings. The molecule has 0 spiro atoms. The molecular formula is C24H18ClNO3. The van der Waals surface area contributed by atoms with Gasteiger partial charge in [0.25, 0.3) is 0 Å². The van der Waals surface area contributed by atoms with Crippen molar-refractivity contribution < 1.29 is 14.3 Å². The van der Waals surface area contributed by atoms with Gasteiger partial charge in [-0.2, -0.15) is 0 Å². The minimum absolute atomic E-state index is 0.360. The number of carbonyl (C=O) groups is 1. The van der Waals surface area contributed by atoms with Crippen LogP contribution in [0, 0.1) is 11.8 Å². The minimum Gasteiger partial charge on any atom is -0.465 e.